The summed E-state index contributed by atoms with van der Waals surface area (Å²) in [7, 11) is 1.59. The molecule has 0 saturated heterocycles. The molecule has 0 fully saturated rings. The highest BCUT2D eigenvalue weighted by Crippen LogP contribution is 2.41. The summed E-state index contributed by atoms with van der Waals surface area (Å²) >= 11 is 0. The molecule has 0 amide bonds. The molecule has 0 aliphatic heterocycles. The predicted octanol–water partition coefficient (Wildman–Crippen LogP) is 5.08. The predicted molar refractivity (Wildman–Crippen MR) is 110 cm³/mol. The van der Waals surface area contributed by atoms with Crippen LogP contribution in [-0.4, -0.2) is 12.2 Å². The summed E-state index contributed by atoms with van der Waals surface area (Å²) in [5, 5.41) is 10.5. The molecule has 3 aromatic rings. The molecule has 3 rings (SSSR count). The molecule has 146 valence electrons. The molecule has 0 aromatic heterocycles. The van der Waals surface area contributed by atoms with Gasteiger partial charge in [0.15, 0.2) is 11.5 Å². The standard InChI is InChI=1S/C24H26O4/c1-24(2,25)20-14-21(27-16-18-10-6-4-7-11-18)23(26-3)22(15-20)28-17-19-12-8-5-9-13-19/h4-15,25H,16-17H2,1-3H3. The Kier molecular flexibility index (Phi) is 6.22. The molecule has 4 heteroatoms. The lowest BCUT2D eigenvalue weighted by molar-refractivity contribution is 0.0776. The molecule has 28 heavy (non-hydrogen) atoms. The zero-order chi connectivity index (χ0) is 20.0. The van der Waals surface area contributed by atoms with Crippen LogP contribution in [0.25, 0.3) is 0 Å². The summed E-state index contributed by atoms with van der Waals surface area (Å²) in [5.41, 5.74) is 1.75. The molecule has 4 nitrogen and oxygen atoms in total. The number of aliphatic hydroxyl groups is 1. The molecule has 1 N–H and O–H groups in total. The Morgan fingerprint density at radius 2 is 1.18 bits per heavy atom. The van der Waals surface area contributed by atoms with E-state index in [1.54, 1.807) is 33.1 Å². The van der Waals surface area contributed by atoms with Crippen LogP contribution in [0, 0.1) is 0 Å². The Morgan fingerprint density at radius 1 is 0.750 bits per heavy atom. The van der Waals surface area contributed by atoms with Gasteiger partial charge in [-0.1, -0.05) is 60.7 Å². The summed E-state index contributed by atoms with van der Waals surface area (Å²) in [6.07, 6.45) is 0. The van der Waals surface area contributed by atoms with Gasteiger partial charge in [-0.05, 0) is 42.7 Å². The zero-order valence-corrected chi connectivity index (χ0v) is 16.5. The normalized spacial score (nSPS) is 11.1. The molecule has 0 aliphatic carbocycles. The average Bonchev–Trinajstić information content (AvgIpc) is 2.71. The second-order valence-electron chi connectivity index (χ2n) is 7.11. The van der Waals surface area contributed by atoms with Gasteiger partial charge in [0.2, 0.25) is 5.75 Å². The molecule has 0 atom stereocenters. The summed E-state index contributed by atoms with van der Waals surface area (Å²) in [6.45, 7) is 4.25. The van der Waals surface area contributed by atoms with Crippen molar-refractivity contribution >= 4 is 0 Å². The second-order valence-corrected chi connectivity index (χ2v) is 7.11. The molecule has 0 saturated carbocycles. The topological polar surface area (TPSA) is 47.9 Å². The zero-order valence-electron chi connectivity index (χ0n) is 16.5. The van der Waals surface area contributed by atoms with Crippen LogP contribution in [0.3, 0.4) is 0 Å². The highest BCUT2D eigenvalue weighted by molar-refractivity contribution is 5.55. The van der Waals surface area contributed by atoms with Gasteiger partial charge in [-0.15, -0.1) is 0 Å². The number of rotatable bonds is 8. The van der Waals surface area contributed by atoms with Crippen molar-refractivity contribution in [2.45, 2.75) is 32.7 Å². The van der Waals surface area contributed by atoms with Crippen LogP contribution in [0.1, 0.15) is 30.5 Å². The minimum atomic E-state index is -1.04. The van der Waals surface area contributed by atoms with Crippen molar-refractivity contribution < 1.29 is 19.3 Å². The monoisotopic (exact) mass is 378 g/mol. The van der Waals surface area contributed by atoms with Gasteiger partial charge >= 0.3 is 0 Å². The molecular formula is C24H26O4. The van der Waals surface area contributed by atoms with Crippen LogP contribution in [0.15, 0.2) is 72.8 Å². The van der Waals surface area contributed by atoms with Gasteiger partial charge in [-0.2, -0.15) is 0 Å². The van der Waals surface area contributed by atoms with E-state index in [2.05, 4.69) is 0 Å². The summed E-state index contributed by atoms with van der Waals surface area (Å²) in [6, 6.07) is 23.4. The number of hydrogen-bond donors (Lipinski definition) is 1. The first-order chi connectivity index (χ1) is 13.5. The first-order valence-electron chi connectivity index (χ1n) is 9.25. The first kappa shape index (κ1) is 19.8. The maximum absolute atomic E-state index is 10.5. The lowest BCUT2D eigenvalue weighted by Gasteiger charge is -2.22. The van der Waals surface area contributed by atoms with E-state index in [0.29, 0.717) is 36.0 Å². The van der Waals surface area contributed by atoms with E-state index in [9.17, 15) is 5.11 Å². The van der Waals surface area contributed by atoms with E-state index in [1.165, 1.54) is 0 Å². The van der Waals surface area contributed by atoms with E-state index >= 15 is 0 Å². The third-order valence-corrected chi connectivity index (χ3v) is 4.41. The highest BCUT2D eigenvalue weighted by atomic mass is 16.5. The van der Waals surface area contributed by atoms with Gasteiger partial charge in [0.1, 0.15) is 13.2 Å². The van der Waals surface area contributed by atoms with Crippen molar-refractivity contribution in [3.8, 4) is 17.2 Å². The Bertz CT molecular complexity index is 819. The molecule has 0 bridgehead atoms. The minimum Gasteiger partial charge on any atom is -0.490 e. The van der Waals surface area contributed by atoms with Gasteiger partial charge in [0, 0.05) is 0 Å². The van der Waals surface area contributed by atoms with Gasteiger partial charge < -0.3 is 19.3 Å². The number of ether oxygens (including phenoxy) is 3. The van der Waals surface area contributed by atoms with Gasteiger partial charge in [0.25, 0.3) is 0 Å². The smallest absolute Gasteiger partial charge is 0.203 e. The third kappa shape index (κ3) is 5.05. The fraction of sp³-hybridized carbons (Fsp3) is 0.250. The maximum Gasteiger partial charge on any atom is 0.203 e. The van der Waals surface area contributed by atoms with Crippen molar-refractivity contribution in [3.05, 3.63) is 89.5 Å². The van der Waals surface area contributed by atoms with E-state index in [4.69, 9.17) is 14.2 Å². The van der Waals surface area contributed by atoms with Crippen LogP contribution in [0.5, 0.6) is 17.2 Å². The Labute approximate surface area is 166 Å². The fourth-order valence-corrected chi connectivity index (χ4v) is 2.82. The third-order valence-electron chi connectivity index (χ3n) is 4.41. The number of benzene rings is 3. The van der Waals surface area contributed by atoms with Crippen LogP contribution in [0.4, 0.5) is 0 Å². The average molecular weight is 378 g/mol. The molecule has 3 aromatic carbocycles. The molecule has 0 heterocycles. The number of hydrogen-bond acceptors (Lipinski definition) is 4. The quantitative estimate of drug-likeness (QED) is 0.594. The van der Waals surface area contributed by atoms with E-state index < -0.39 is 5.60 Å². The first-order valence-corrected chi connectivity index (χ1v) is 9.25. The van der Waals surface area contributed by atoms with Gasteiger partial charge in [-0.25, -0.2) is 0 Å². The van der Waals surface area contributed by atoms with Crippen molar-refractivity contribution in [1.82, 2.24) is 0 Å². The lowest BCUT2D eigenvalue weighted by atomic mass is 9.97. The summed E-state index contributed by atoms with van der Waals surface area (Å²) < 4.78 is 17.6. The minimum absolute atomic E-state index is 0.393. The highest BCUT2D eigenvalue weighted by Gasteiger charge is 2.23. The van der Waals surface area contributed by atoms with Crippen LogP contribution in [-0.2, 0) is 18.8 Å². The van der Waals surface area contributed by atoms with E-state index in [0.717, 1.165) is 11.1 Å². The van der Waals surface area contributed by atoms with Crippen LogP contribution < -0.4 is 14.2 Å². The maximum atomic E-state index is 10.5. The Morgan fingerprint density at radius 3 is 1.54 bits per heavy atom. The fourth-order valence-electron chi connectivity index (χ4n) is 2.82. The van der Waals surface area contributed by atoms with Crippen molar-refractivity contribution in [2.75, 3.05) is 7.11 Å². The Balaban J connectivity index is 1.90. The molecule has 0 aliphatic rings. The lowest BCUT2D eigenvalue weighted by Crippen LogP contribution is -2.16. The van der Waals surface area contributed by atoms with Gasteiger partial charge in [-0.3, -0.25) is 0 Å². The summed E-state index contributed by atoms with van der Waals surface area (Å²) in [4.78, 5) is 0. The van der Waals surface area contributed by atoms with E-state index in [1.807, 2.05) is 60.7 Å². The van der Waals surface area contributed by atoms with Crippen molar-refractivity contribution in [3.63, 3.8) is 0 Å². The molecule has 0 unspecified atom stereocenters. The summed E-state index contributed by atoms with van der Waals surface area (Å²) in [5.74, 6) is 1.59. The number of methoxy groups -OCH3 is 1. The van der Waals surface area contributed by atoms with E-state index in [-0.39, 0.29) is 0 Å². The molecule has 0 spiro atoms. The Hall–Kier alpha value is -2.98. The van der Waals surface area contributed by atoms with Crippen LogP contribution in [0.2, 0.25) is 0 Å². The second kappa shape index (κ2) is 8.81. The molecular weight excluding hydrogens is 352 g/mol. The largest absolute Gasteiger partial charge is 0.490 e. The van der Waals surface area contributed by atoms with Crippen LogP contribution >= 0.6 is 0 Å². The molecule has 0 radical (unpaired) electrons. The van der Waals surface area contributed by atoms with Crippen molar-refractivity contribution in [2.24, 2.45) is 0 Å². The van der Waals surface area contributed by atoms with Crippen molar-refractivity contribution in [1.29, 1.82) is 0 Å². The SMILES string of the molecule is COc1c(OCc2ccccc2)cc(C(C)(C)O)cc1OCc1ccccc1. The van der Waals surface area contributed by atoms with Gasteiger partial charge in [0.05, 0.1) is 12.7 Å².